The molecule has 108 valence electrons. The molecule has 1 aliphatic rings. The zero-order valence-electron chi connectivity index (χ0n) is 12.6. The van der Waals surface area contributed by atoms with Crippen molar-refractivity contribution in [2.45, 2.75) is 33.2 Å². The average Bonchev–Trinajstić information content (AvgIpc) is 2.75. The molecule has 1 N–H and O–H groups in total. The Morgan fingerprint density at radius 2 is 2.10 bits per heavy atom. The van der Waals surface area contributed by atoms with E-state index in [4.69, 9.17) is 0 Å². The van der Waals surface area contributed by atoms with Gasteiger partial charge < -0.3 is 5.32 Å². The van der Waals surface area contributed by atoms with Crippen LogP contribution in [0.2, 0.25) is 0 Å². The molecule has 1 amide bonds. The SMILES string of the molecule is Cc1cc2cccnc2nc1C1=NC(C)(C(C)C)C(=O)N1. The van der Waals surface area contributed by atoms with Crippen molar-refractivity contribution in [3.8, 4) is 0 Å². The van der Waals surface area contributed by atoms with Gasteiger partial charge in [-0.1, -0.05) is 13.8 Å². The third kappa shape index (κ3) is 2.09. The zero-order valence-corrected chi connectivity index (χ0v) is 12.6. The number of nitrogens with zero attached hydrogens (tertiary/aromatic N) is 3. The van der Waals surface area contributed by atoms with Crippen molar-refractivity contribution < 1.29 is 4.79 Å². The Hall–Kier alpha value is -2.30. The third-order valence-electron chi connectivity index (χ3n) is 4.16. The van der Waals surface area contributed by atoms with Crippen LogP contribution < -0.4 is 5.32 Å². The number of pyridine rings is 2. The van der Waals surface area contributed by atoms with Crippen LogP contribution in [0.4, 0.5) is 0 Å². The van der Waals surface area contributed by atoms with E-state index in [1.54, 1.807) is 6.20 Å². The van der Waals surface area contributed by atoms with E-state index in [2.05, 4.69) is 20.3 Å². The van der Waals surface area contributed by atoms with Crippen LogP contribution in [0.15, 0.2) is 29.4 Å². The number of aliphatic imine (C=N–C) groups is 1. The first-order chi connectivity index (χ1) is 9.91. The Morgan fingerprint density at radius 1 is 1.33 bits per heavy atom. The van der Waals surface area contributed by atoms with E-state index in [9.17, 15) is 4.79 Å². The molecule has 2 aromatic heterocycles. The van der Waals surface area contributed by atoms with Gasteiger partial charge in [-0.3, -0.25) is 4.79 Å². The first-order valence-electron chi connectivity index (χ1n) is 7.06. The number of carbonyl (C=O) groups excluding carboxylic acids is 1. The number of hydrogen-bond acceptors (Lipinski definition) is 4. The normalized spacial score (nSPS) is 21.8. The first-order valence-corrected chi connectivity index (χ1v) is 7.06. The lowest BCUT2D eigenvalue weighted by atomic mass is 9.89. The Balaban J connectivity index is 2.13. The van der Waals surface area contributed by atoms with Crippen molar-refractivity contribution in [3.05, 3.63) is 35.7 Å². The van der Waals surface area contributed by atoms with Crippen LogP contribution in [-0.2, 0) is 4.79 Å². The maximum atomic E-state index is 12.2. The summed E-state index contributed by atoms with van der Waals surface area (Å²) in [4.78, 5) is 25.7. The second-order valence-electron chi connectivity index (χ2n) is 5.92. The van der Waals surface area contributed by atoms with Crippen molar-refractivity contribution >= 4 is 22.8 Å². The standard InChI is InChI=1S/C16H18N4O/c1-9(2)16(4)15(21)19-14(20-16)12-10(3)8-11-6-5-7-17-13(11)18-12/h5-9H,1-4H3,(H,19,20,21). The van der Waals surface area contributed by atoms with Gasteiger partial charge in [-0.25, -0.2) is 15.0 Å². The molecule has 1 atom stereocenters. The molecule has 0 saturated heterocycles. The number of aryl methyl sites for hydroxylation is 1. The van der Waals surface area contributed by atoms with Crippen molar-refractivity contribution in [1.29, 1.82) is 0 Å². The number of rotatable bonds is 2. The van der Waals surface area contributed by atoms with E-state index in [1.807, 2.05) is 45.9 Å². The highest BCUT2D eigenvalue weighted by Gasteiger charge is 2.42. The monoisotopic (exact) mass is 282 g/mol. The van der Waals surface area contributed by atoms with Crippen molar-refractivity contribution in [1.82, 2.24) is 15.3 Å². The average molecular weight is 282 g/mol. The molecule has 3 rings (SSSR count). The lowest BCUT2D eigenvalue weighted by Crippen LogP contribution is -2.41. The Kier molecular flexibility index (Phi) is 3.01. The summed E-state index contributed by atoms with van der Waals surface area (Å²) in [6.45, 7) is 7.81. The minimum Gasteiger partial charge on any atom is -0.307 e. The van der Waals surface area contributed by atoms with Crippen LogP contribution in [0.3, 0.4) is 0 Å². The Labute approximate surface area is 123 Å². The fourth-order valence-corrected chi connectivity index (χ4v) is 2.40. The van der Waals surface area contributed by atoms with Crippen LogP contribution in [0.25, 0.3) is 11.0 Å². The fourth-order valence-electron chi connectivity index (χ4n) is 2.40. The van der Waals surface area contributed by atoms with Crippen LogP contribution in [0, 0.1) is 12.8 Å². The van der Waals surface area contributed by atoms with Gasteiger partial charge in [-0.15, -0.1) is 0 Å². The highest BCUT2D eigenvalue weighted by Crippen LogP contribution is 2.27. The van der Waals surface area contributed by atoms with Crippen LogP contribution in [-0.4, -0.2) is 27.2 Å². The van der Waals surface area contributed by atoms with Gasteiger partial charge in [0.2, 0.25) is 0 Å². The van der Waals surface area contributed by atoms with Gasteiger partial charge in [0, 0.05) is 11.6 Å². The van der Waals surface area contributed by atoms with E-state index >= 15 is 0 Å². The van der Waals surface area contributed by atoms with Gasteiger partial charge in [0.1, 0.15) is 11.2 Å². The second kappa shape index (κ2) is 4.62. The smallest absolute Gasteiger partial charge is 0.253 e. The summed E-state index contributed by atoms with van der Waals surface area (Å²) in [5.41, 5.74) is 1.59. The van der Waals surface area contributed by atoms with E-state index in [0.29, 0.717) is 17.2 Å². The largest absolute Gasteiger partial charge is 0.307 e. The molecular weight excluding hydrogens is 264 g/mol. The summed E-state index contributed by atoms with van der Waals surface area (Å²) in [6.07, 6.45) is 1.71. The van der Waals surface area contributed by atoms with Gasteiger partial charge in [-0.2, -0.15) is 0 Å². The molecule has 1 aliphatic heterocycles. The molecule has 5 nitrogen and oxygen atoms in total. The summed E-state index contributed by atoms with van der Waals surface area (Å²) in [6, 6.07) is 5.87. The number of nitrogens with one attached hydrogen (secondary N) is 1. The quantitative estimate of drug-likeness (QED) is 0.918. The van der Waals surface area contributed by atoms with Gasteiger partial charge in [0.05, 0.1) is 0 Å². The first kappa shape index (κ1) is 13.7. The molecule has 0 fully saturated rings. The molecule has 2 aromatic rings. The number of fused-ring (bicyclic) bond motifs is 1. The molecular formula is C16H18N4O. The molecule has 0 spiro atoms. The van der Waals surface area contributed by atoms with Gasteiger partial charge in [0.25, 0.3) is 5.91 Å². The summed E-state index contributed by atoms with van der Waals surface area (Å²) < 4.78 is 0. The zero-order chi connectivity index (χ0) is 15.2. The lowest BCUT2D eigenvalue weighted by Gasteiger charge is -2.21. The number of hydrogen-bond donors (Lipinski definition) is 1. The summed E-state index contributed by atoms with van der Waals surface area (Å²) in [5, 5.41) is 3.85. The molecule has 3 heterocycles. The highest BCUT2D eigenvalue weighted by atomic mass is 16.2. The van der Waals surface area contributed by atoms with Gasteiger partial charge in [0.15, 0.2) is 11.5 Å². The molecule has 0 bridgehead atoms. The van der Waals surface area contributed by atoms with Gasteiger partial charge in [-0.05, 0) is 43.5 Å². The maximum absolute atomic E-state index is 12.2. The van der Waals surface area contributed by atoms with Crippen molar-refractivity contribution in [2.75, 3.05) is 0 Å². The molecule has 0 saturated carbocycles. The second-order valence-corrected chi connectivity index (χ2v) is 5.92. The van der Waals surface area contributed by atoms with Gasteiger partial charge >= 0.3 is 0 Å². The molecule has 5 heteroatoms. The molecule has 0 aliphatic carbocycles. The molecule has 21 heavy (non-hydrogen) atoms. The number of carbonyl (C=O) groups is 1. The third-order valence-corrected chi connectivity index (χ3v) is 4.16. The maximum Gasteiger partial charge on any atom is 0.253 e. The van der Waals surface area contributed by atoms with E-state index < -0.39 is 5.54 Å². The lowest BCUT2D eigenvalue weighted by molar-refractivity contribution is -0.124. The van der Waals surface area contributed by atoms with Crippen LogP contribution >= 0.6 is 0 Å². The highest BCUT2D eigenvalue weighted by molar-refractivity contribution is 6.15. The molecule has 0 aromatic carbocycles. The van der Waals surface area contributed by atoms with Crippen LogP contribution in [0.5, 0.6) is 0 Å². The summed E-state index contributed by atoms with van der Waals surface area (Å²) in [5.74, 6) is 0.588. The number of amides is 1. The van der Waals surface area contributed by atoms with E-state index in [0.717, 1.165) is 10.9 Å². The summed E-state index contributed by atoms with van der Waals surface area (Å²) >= 11 is 0. The molecule has 1 unspecified atom stereocenters. The Morgan fingerprint density at radius 3 is 2.76 bits per heavy atom. The van der Waals surface area contributed by atoms with E-state index in [-0.39, 0.29) is 11.8 Å². The van der Waals surface area contributed by atoms with Crippen molar-refractivity contribution in [3.63, 3.8) is 0 Å². The Bertz CT molecular complexity index is 766. The van der Waals surface area contributed by atoms with E-state index in [1.165, 1.54) is 0 Å². The molecule has 0 radical (unpaired) electrons. The minimum absolute atomic E-state index is 0.0742. The predicted octanol–water partition coefficient (Wildman–Crippen LogP) is 2.23. The predicted molar refractivity (Wildman–Crippen MR) is 82.2 cm³/mol. The number of amidine groups is 1. The minimum atomic E-state index is -0.734. The van der Waals surface area contributed by atoms with Crippen molar-refractivity contribution in [2.24, 2.45) is 10.9 Å². The summed E-state index contributed by atoms with van der Waals surface area (Å²) in [7, 11) is 0. The topological polar surface area (TPSA) is 67.2 Å². The fraction of sp³-hybridized carbons (Fsp3) is 0.375. The van der Waals surface area contributed by atoms with Crippen LogP contribution in [0.1, 0.15) is 32.0 Å². The number of aromatic nitrogens is 2.